The smallest absolute Gasteiger partial charge is 0.271 e. The van der Waals surface area contributed by atoms with Crippen LogP contribution in [0, 0.1) is 0 Å². The van der Waals surface area contributed by atoms with Crippen molar-refractivity contribution in [1.82, 2.24) is 30.0 Å². The van der Waals surface area contributed by atoms with E-state index in [-0.39, 0.29) is 5.91 Å². The van der Waals surface area contributed by atoms with Crippen LogP contribution in [0.2, 0.25) is 0 Å². The summed E-state index contributed by atoms with van der Waals surface area (Å²) >= 11 is 0. The Hall–Kier alpha value is -3.75. The van der Waals surface area contributed by atoms with Gasteiger partial charge in [0, 0.05) is 18.3 Å². The van der Waals surface area contributed by atoms with E-state index in [4.69, 9.17) is 8.94 Å². The standard InChI is InChI=1S/C19H16N6O3/c26-18(21-9-14-2-1-7-27-14)15-10-25(11-22-15)16-6-5-13(8-20-16)19-23-17(24-28-19)12-3-4-12/h1-2,5-8,10-12H,3-4,9H2,(H,21,26). The molecule has 0 spiro atoms. The normalized spacial score (nSPS) is 13.6. The molecule has 4 aromatic heterocycles. The summed E-state index contributed by atoms with van der Waals surface area (Å²) in [6.07, 6.45) is 8.63. The van der Waals surface area contributed by atoms with Crippen LogP contribution in [0.4, 0.5) is 0 Å². The SMILES string of the molecule is O=C(NCc1ccco1)c1cn(-c2ccc(-c3nc(C4CC4)no3)cn2)cn1. The lowest BCUT2D eigenvalue weighted by Crippen LogP contribution is -2.22. The summed E-state index contributed by atoms with van der Waals surface area (Å²) in [7, 11) is 0. The molecule has 0 aromatic carbocycles. The summed E-state index contributed by atoms with van der Waals surface area (Å²) < 4.78 is 12.2. The molecule has 0 bridgehead atoms. The summed E-state index contributed by atoms with van der Waals surface area (Å²) in [5.74, 6) is 2.68. The maximum atomic E-state index is 12.2. The van der Waals surface area contributed by atoms with Gasteiger partial charge >= 0.3 is 0 Å². The topological polar surface area (TPSA) is 112 Å². The Morgan fingerprint density at radius 3 is 2.93 bits per heavy atom. The Morgan fingerprint density at radius 1 is 1.25 bits per heavy atom. The van der Waals surface area contributed by atoms with E-state index in [1.807, 2.05) is 12.1 Å². The Labute approximate surface area is 159 Å². The number of aromatic nitrogens is 5. The van der Waals surface area contributed by atoms with E-state index in [1.165, 1.54) is 0 Å². The fraction of sp³-hybridized carbons (Fsp3) is 0.211. The Kier molecular flexibility index (Phi) is 3.97. The van der Waals surface area contributed by atoms with Gasteiger partial charge in [0.15, 0.2) is 5.82 Å². The van der Waals surface area contributed by atoms with Gasteiger partial charge in [-0.1, -0.05) is 5.16 Å². The monoisotopic (exact) mass is 376 g/mol. The molecule has 1 fully saturated rings. The molecule has 0 radical (unpaired) electrons. The number of rotatable bonds is 6. The molecule has 0 saturated heterocycles. The number of nitrogens with zero attached hydrogens (tertiary/aromatic N) is 5. The first-order chi connectivity index (χ1) is 13.8. The van der Waals surface area contributed by atoms with Crippen molar-refractivity contribution in [3.63, 3.8) is 0 Å². The molecule has 28 heavy (non-hydrogen) atoms. The van der Waals surface area contributed by atoms with Crippen molar-refractivity contribution < 1.29 is 13.7 Å². The van der Waals surface area contributed by atoms with Gasteiger partial charge in [0.1, 0.15) is 23.6 Å². The highest BCUT2D eigenvalue weighted by molar-refractivity contribution is 5.92. The molecule has 5 rings (SSSR count). The van der Waals surface area contributed by atoms with Gasteiger partial charge in [-0.3, -0.25) is 9.36 Å². The third-order valence-electron chi connectivity index (χ3n) is 4.46. The lowest BCUT2D eigenvalue weighted by molar-refractivity contribution is 0.0943. The molecular weight excluding hydrogens is 360 g/mol. The first kappa shape index (κ1) is 16.4. The minimum atomic E-state index is -0.287. The number of carbonyl (C=O) groups is 1. The van der Waals surface area contributed by atoms with Crippen LogP contribution in [0.3, 0.4) is 0 Å². The molecule has 4 heterocycles. The molecule has 0 atom stereocenters. The van der Waals surface area contributed by atoms with Crippen molar-refractivity contribution in [2.24, 2.45) is 0 Å². The van der Waals surface area contributed by atoms with E-state index in [1.54, 1.807) is 41.7 Å². The van der Waals surface area contributed by atoms with Crippen LogP contribution in [0.15, 0.2) is 58.2 Å². The quantitative estimate of drug-likeness (QED) is 0.550. The van der Waals surface area contributed by atoms with Gasteiger partial charge in [-0.2, -0.15) is 4.98 Å². The zero-order chi connectivity index (χ0) is 18.9. The van der Waals surface area contributed by atoms with Crippen LogP contribution in [0.25, 0.3) is 17.3 Å². The van der Waals surface area contributed by atoms with Crippen molar-refractivity contribution in [3.05, 3.63) is 66.5 Å². The lowest BCUT2D eigenvalue weighted by atomic mass is 10.3. The summed E-state index contributed by atoms with van der Waals surface area (Å²) in [6.45, 7) is 0.304. The molecule has 4 aromatic rings. The van der Waals surface area contributed by atoms with Crippen LogP contribution in [-0.2, 0) is 6.54 Å². The molecule has 140 valence electrons. The van der Waals surface area contributed by atoms with Crippen LogP contribution >= 0.6 is 0 Å². The second-order valence-corrected chi connectivity index (χ2v) is 6.57. The average Bonchev–Trinajstić information content (AvgIpc) is 3.16. The first-order valence-electron chi connectivity index (χ1n) is 8.91. The van der Waals surface area contributed by atoms with Crippen molar-refractivity contribution in [2.75, 3.05) is 0 Å². The second-order valence-electron chi connectivity index (χ2n) is 6.57. The zero-order valence-corrected chi connectivity index (χ0v) is 14.8. The second kappa shape index (κ2) is 6.76. The summed E-state index contributed by atoms with van der Waals surface area (Å²) in [6, 6.07) is 7.22. The van der Waals surface area contributed by atoms with Crippen molar-refractivity contribution in [2.45, 2.75) is 25.3 Å². The van der Waals surface area contributed by atoms with Gasteiger partial charge in [-0.05, 0) is 37.1 Å². The largest absolute Gasteiger partial charge is 0.467 e. The molecule has 1 N–H and O–H groups in total. The summed E-state index contributed by atoms with van der Waals surface area (Å²) in [5.41, 5.74) is 1.04. The summed E-state index contributed by atoms with van der Waals surface area (Å²) in [4.78, 5) is 25.2. The van der Waals surface area contributed by atoms with Gasteiger partial charge in [0.05, 0.1) is 18.4 Å². The first-order valence-corrected chi connectivity index (χ1v) is 8.91. The number of hydrogen-bond donors (Lipinski definition) is 1. The molecule has 1 aliphatic rings. The molecule has 0 unspecified atom stereocenters. The van der Waals surface area contributed by atoms with E-state index in [0.29, 0.717) is 35.6 Å². The average molecular weight is 376 g/mol. The van der Waals surface area contributed by atoms with E-state index in [0.717, 1.165) is 24.2 Å². The van der Waals surface area contributed by atoms with E-state index in [2.05, 4.69) is 25.4 Å². The molecular formula is C19H16N6O3. The number of furan rings is 1. The Bertz CT molecular complexity index is 1090. The minimum absolute atomic E-state index is 0.287. The zero-order valence-electron chi connectivity index (χ0n) is 14.8. The number of hydrogen-bond acceptors (Lipinski definition) is 7. The van der Waals surface area contributed by atoms with Crippen molar-refractivity contribution in [1.29, 1.82) is 0 Å². The third-order valence-corrected chi connectivity index (χ3v) is 4.46. The predicted octanol–water partition coefficient (Wildman–Crippen LogP) is 2.72. The highest BCUT2D eigenvalue weighted by atomic mass is 16.5. The van der Waals surface area contributed by atoms with Gasteiger partial charge in [0.25, 0.3) is 11.8 Å². The van der Waals surface area contributed by atoms with Gasteiger partial charge in [-0.15, -0.1) is 0 Å². The molecule has 0 aliphatic heterocycles. The van der Waals surface area contributed by atoms with E-state index >= 15 is 0 Å². The highest BCUT2D eigenvalue weighted by Gasteiger charge is 2.29. The molecule has 9 nitrogen and oxygen atoms in total. The number of imidazole rings is 1. The molecule has 1 amide bonds. The predicted molar refractivity (Wildman–Crippen MR) is 96.5 cm³/mol. The van der Waals surface area contributed by atoms with Gasteiger partial charge in [-0.25, -0.2) is 9.97 Å². The number of amides is 1. The van der Waals surface area contributed by atoms with Crippen molar-refractivity contribution >= 4 is 5.91 Å². The Morgan fingerprint density at radius 2 is 2.18 bits per heavy atom. The number of nitrogens with one attached hydrogen (secondary N) is 1. The number of carbonyl (C=O) groups excluding carboxylic acids is 1. The van der Waals surface area contributed by atoms with Crippen LogP contribution in [0.1, 0.15) is 40.8 Å². The van der Waals surface area contributed by atoms with E-state index in [9.17, 15) is 4.79 Å². The molecule has 1 aliphatic carbocycles. The molecule has 9 heteroatoms. The molecule has 1 saturated carbocycles. The number of pyridine rings is 1. The van der Waals surface area contributed by atoms with Crippen LogP contribution < -0.4 is 5.32 Å². The minimum Gasteiger partial charge on any atom is -0.467 e. The van der Waals surface area contributed by atoms with E-state index < -0.39 is 0 Å². The Balaban J connectivity index is 1.27. The highest BCUT2D eigenvalue weighted by Crippen LogP contribution is 2.38. The maximum absolute atomic E-state index is 12.2. The summed E-state index contributed by atoms with van der Waals surface area (Å²) in [5, 5.41) is 6.77. The third kappa shape index (κ3) is 3.29. The lowest BCUT2D eigenvalue weighted by Gasteiger charge is -2.01. The van der Waals surface area contributed by atoms with Crippen molar-refractivity contribution in [3.8, 4) is 17.3 Å². The van der Waals surface area contributed by atoms with Crippen LogP contribution in [-0.4, -0.2) is 30.6 Å². The fourth-order valence-corrected chi connectivity index (χ4v) is 2.76. The van der Waals surface area contributed by atoms with Crippen LogP contribution in [0.5, 0.6) is 0 Å². The fourth-order valence-electron chi connectivity index (χ4n) is 2.76. The van der Waals surface area contributed by atoms with Gasteiger partial charge in [0.2, 0.25) is 0 Å². The van der Waals surface area contributed by atoms with Gasteiger partial charge < -0.3 is 14.3 Å². The maximum Gasteiger partial charge on any atom is 0.271 e.